The summed E-state index contributed by atoms with van der Waals surface area (Å²) < 4.78 is 6.16. The fourth-order valence-corrected chi connectivity index (χ4v) is 2.73. The molecular weight excluding hydrogens is 363 g/mol. The molecule has 6 nitrogen and oxygen atoms in total. The molecule has 0 unspecified atom stereocenters. The highest BCUT2D eigenvalue weighted by atomic mass is 35.5. The summed E-state index contributed by atoms with van der Waals surface area (Å²) in [6.45, 7) is 5.36. The smallest absolute Gasteiger partial charge is 0.207 e. The number of hydrogen-bond acceptors (Lipinski definition) is 5. The first-order chi connectivity index (χ1) is 13.0. The molecule has 0 radical (unpaired) electrons. The quantitative estimate of drug-likeness (QED) is 0.225. The van der Waals surface area contributed by atoms with Gasteiger partial charge in [-0.2, -0.15) is 0 Å². The van der Waals surface area contributed by atoms with Gasteiger partial charge in [0.25, 0.3) is 0 Å². The summed E-state index contributed by atoms with van der Waals surface area (Å²) in [7, 11) is 4.01. The second kappa shape index (κ2) is 11.0. The van der Waals surface area contributed by atoms with Gasteiger partial charge in [-0.1, -0.05) is 16.8 Å². The van der Waals surface area contributed by atoms with Crippen molar-refractivity contribution in [3.8, 4) is 5.88 Å². The number of ether oxygens (including phenoxy) is 1. The number of aromatic nitrogens is 1. The second-order valence-electron chi connectivity index (χ2n) is 6.66. The van der Waals surface area contributed by atoms with Crippen LogP contribution in [0.25, 0.3) is 0 Å². The van der Waals surface area contributed by atoms with Gasteiger partial charge in [0.1, 0.15) is 20.6 Å². The lowest BCUT2D eigenvalue weighted by molar-refractivity contribution is 0.157. The molecule has 0 saturated heterocycles. The molecule has 0 aliphatic heterocycles. The Labute approximate surface area is 167 Å². The van der Waals surface area contributed by atoms with Crippen LogP contribution in [0.2, 0.25) is 0 Å². The maximum atomic E-state index is 6.16. The largest absolute Gasteiger partial charge is 0.475 e. The molecule has 1 heterocycles. The third-order valence-corrected chi connectivity index (χ3v) is 4.64. The summed E-state index contributed by atoms with van der Waals surface area (Å²) in [4.78, 5) is 16.4. The number of pyridine rings is 1. The number of aliphatic imine (C=N–C) groups is 1. The van der Waals surface area contributed by atoms with Crippen molar-refractivity contribution in [3.63, 3.8) is 0 Å². The van der Waals surface area contributed by atoms with Crippen LogP contribution in [0.1, 0.15) is 38.3 Å². The van der Waals surface area contributed by atoms with Crippen molar-refractivity contribution in [2.45, 2.75) is 45.6 Å². The lowest BCUT2D eigenvalue weighted by Crippen LogP contribution is -2.27. The minimum Gasteiger partial charge on any atom is -0.475 e. The number of oxime groups is 1. The molecule has 0 amide bonds. The van der Waals surface area contributed by atoms with Gasteiger partial charge in [0, 0.05) is 19.1 Å². The van der Waals surface area contributed by atoms with E-state index in [-0.39, 0.29) is 6.10 Å². The fourth-order valence-electron chi connectivity index (χ4n) is 2.66. The first-order valence-corrected chi connectivity index (χ1v) is 9.79. The van der Waals surface area contributed by atoms with Crippen LogP contribution in [-0.4, -0.2) is 56.1 Å². The van der Waals surface area contributed by atoms with Gasteiger partial charge in [-0.15, -0.1) is 0 Å². The minimum atomic E-state index is 0.151. The molecule has 1 aromatic heterocycles. The summed E-state index contributed by atoms with van der Waals surface area (Å²) in [5.41, 5.74) is 5.25. The van der Waals surface area contributed by atoms with Crippen molar-refractivity contribution >= 4 is 42.6 Å². The summed E-state index contributed by atoms with van der Waals surface area (Å²) in [5, 5.41) is 4.16. The molecule has 1 fully saturated rings. The van der Waals surface area contributed by atoms with Crippen LogP contribution in [-0.2, 0) is 4.84 Å². The maximum Gasteiger partial charge on any atom is 0.207 e. The molecule has 0 spiro atoms. The fraction of sp³-hybridized carbons (Fsp3) is 0.526. The Morgan fingerprint density at radius 2 is 2.15 bits per heavy atom. The van der Waals surface area contributed by atoms with Gasteiger partial charge in [-0.3, -0.25) is 0 Å². The third-order valence-electron chi connectivity index (χ3n) is 4.46. The van der Waals surface area contributed by atoms with Crippen molar-refractivity contribution in [2.24, 2.45) is 10.1 Å². The summed E-state index contributed by atoms with van der Waals surface area (Å²) in [6, 6.07) is 2.03. The summed E-state index contributed by atoms with van der Waals surface area (Å²) >= 11 is 5.45. The maximum absolute atomic E-state index is 6.16. The Morgan fingerprint density at radius 1 is 1.41 bits per heavy atom. The van der Waals surface area contributed by atoms with Crippen LogP contribution in [0.4, 0.5) is 5.69 Å². The van der Waals surface area contributed by atoms with Crippen molar-refractivity contribution in [1.29, 1.82) is 0 Å². The van der Waals surface area contributed by atoms with E-state index in [9.17, 15) is 0 Å². The van der Waals surface area contributed by atoms with E-state index < -0.39 is 0 Å². The first kappa shape index (κ1) is 21.3. The molecule has 2 rings (SSSR count). The van der Waals surface area contributed by atoms with Crippen molar-refractivity contribution in [2.75, 3.05) is 20.2 Å². The molecule has 0 bridgehead atoms. The molecule has 1 aliphatic rings. The van der Waals surface area contributed by atoms with Gasteiger partial charge in [-0.25, -0.2) is 9.98 Å². The van der Waals surface area contributed by atoms with E-state index in [1.54, 1.807) is 6.08 Å². The van der Waals surface area contributed by atoms with Gasteiger partial charge < -0.3 is 14.5 Å². The topological polar surface area (TPSA) is 59.3 Å². The van der Waals surface area contributed by atoms with Crippen LogP contribution in [0, 0.1) is 6.92 Å². The van der Waals surface area contributed by atoms with Crippen molar-refractivity contribution in [3.05, 3.63) is 23.4 Å². The number of rotatable bonds is 8. The number of nitrogens with zero attached hydrogens (tertiary/aromatic N) is 4. The van der Waals surface area contributed by atoms with Crippen LogP contribution < -0.4 is 10.2 Å². The Hall–Kier alpha value is -2.02. The van der Waals surface area contributed by atoms with E-state index in [1.165, 1.54) is 5.54 Å². The number of hydrogen-bond donors (Lipinski definition) is 0. The predicted molar refractivity (Wildman–Crippen MR) is 115 cm³/mol. The molecule has 8 heteroatoms. The molecule has 146 valence electrons. The van der Waals surface area contributed by atoms with E-state index in [0.29, 0.717) is 12.5 Å². The van der Waals surface area contributed by atoms with Gasteiger partial charge >= 0.3 is 0 Å². The SMILES string of the molecule is Bc1cc(/N=C/N(C)CC)c(C)nc1OC1CCC(=NOC/C=C/Cl)CC1. The molecule has 0 N–H and O–H groups in total. The van der Waals surface area contributed by atoms with Gasteiger partial charge in [0.2, 0.25) is 5.88 Å². The van der Waals surface area contributed by atoms with Crippen LogP contribution in [0.5, 0.6) is 5.88 Å². The zero-order valence-corrected chi connectivity index (χ0v) is 17.4. The Bertz CT molecular complexity index is 699. The summed E-state index contributed by atoms with van der Waals surface area (Å²) in [5.74, 6) is 0.698. The third kappa shape index (κ3) is 6.90. The van der Waals surface area contributed by atoms with E-state index >= 15 is 0 Å². The highest BCUT2D eigenvalue weighted by Gasteiger charge is 2.21. The average Bonchev–Trinajstić information content (AvgIpc) is 2.67. The van der Waals surface area contributed by atoms with Crippen LogP contribution in [0.15, 0.2) is 27.8 Å². The normalized spacial score (nSPS) is 17.5. The Kier molecular flexibility index (Phi) is 8.65. The molecule has 27 heavy (non-hydrogen) atoms. The van der Waals surface area contributed by atoms with Gasteiger partial charge in [-0.05, 0) is 57.1 Å². The zero-order chi connectivity index (χ0) is 19.6. The number of aryl methyl sites for hydroxylation is 1. The highest BCUT2D eigenvalue weighted by molar-refractivity contribution is 6.34. The van der Waals surface area contributed by atoms with Crippen molar-refractivity contribution in [1.82, 2.24) is 9.88 Å². The minimum absolute atomic E-state index is 0.151. The van der Waals surface area contributed by atoms with E-state index in [2.05, 4.69) is 22.1 Å². The molecule has 1 saturated carbocycles. The molecule has 1 aromatic rings. The average molecular weight is 391 g/mol. The van der Waals surface area contributed by atoms with Gasteiger partial charge in [0.05, 0.1) is 23.4 Å². The van der Waals surface area contributed by atoms with Gasteiger partial charge in [0.15, 0.2) is 0 Å². The predicted octanol–water partition coefficient (Wildman–Crippen LogP) is 2.71. The summed E-state index contributed by atoms with van der Waals surface area (Å²) in [6.07, 6.45) is 7.27. The Balaban J connectivity index is 1.93. The van der Waals surface area contributed by atoms with E-state index in [1.807, 2.05) is 39.1 Å². The monoisotopic (exact) mass is 390 g/mol. The molecule has 0 aromatic carbocycles. The highest BCUT2D eigenvalue weighted by Crippen LogP contribution is 2.23. The molecular formula is C19H28BClN4O2. The van der Waals surface area contributed by atoms with Crippen LogP contribution in [0.3, 0.4) is 0 Å². The molecule has 0 atom stereocenters. The molecule has 1 aliphatic carbocycles. The second-order valence-corrected chi connectivity index (χ2v) is 6.92. The van der Waals surface area contributed by atoms with E-state index in [4.69, 9.17) is 21.2 Å². The first-order valence-electron chi connectivity index (χ1n) is 9.35. The van der Waals surface area contributed by atoms with Crippen molar-refractivity contribution < 1.29 is 9.57 Å². The number of halogens is 1. The lowest BCUT2D eigenvalue weighted by Gasteiger charge is -2.24. The Morgan fingerprint density at radius 3 is 2.81 bits per heavy atom. The van der Waals surface area contributed by atoms with E-state index in [0.717, 1.165) is 54.8 Å². The van der Waals surface area contributed by atoms with Crippen LogP contribution >= 0.6 is 11.6 Å². The zero-order valence-electron chi connectivity index (χ0n) is 16.6. The standard InChI is InChI=1S/C19H28BClN4O2/c1-4-25(3)13-22-18-12-17(20)19(23-14(18)2)27-16-8-6-15(7-9-16)24-26-11-5-10-21/h5,10,12-13,16H,4,6-9,11,20H2,1-3H3/b10-5+,22-13+,24-15?. The lowest BCUT2D eigenvalue weighted by atomic mass is 9.94.